The van der Waals surface area contributed by atoms with E-state index in [-0.39, 0.29) is 25.7 Å². The van der Waals surface area contributed by atoms with Crippen molar-refractivity contribution in [2.75, 3.05) is 39.6 Å². The molecule has 558 valence electrons. The molecule has 0 aliphatic carbocycles. The number of aliphatic hydroxyl groups excluding tert-OH is 1. The van der Waals surface area contributed by atoms with Crippen LogP contribution in [-0.4, -0.2) is 96.7 Å². The van der Waals surface area contributed by atoms with E-state index in [0.29, 0.717) is 31.6 Å². The van der Waals surface area contributed by atoms with Crippen molar-refractivity contribution in [1.82, 2.24) is 0 Å². The van der Waals surface area contributed by atoms with Gasteiger partial charge in [-0.1, -0.05) is 325 Å². The number of esters is 4. The lowest BCUT2D eigenvalue weighted by atomic mass is 10.00. The number of hydrogen-bond donors (Lipinski definition) is 3. The van der Waals surface area contributed by atoms with Gasteiger partial charge in [0.2, 0.25) is 0 Å². The van der Waals surface area contributed by atoms with Gasteiger partial charge in [-0.2, -0.15) is 0 Å². The zero-order chi connectivity index (χ0) is 69.6. The van der Waals surface area contributed by atoms with Crippen LogP contribution in [0.5, 0.6) is 0 Å². The maximum absolute atomic E-state index is 13.1. The molecule has 6 atom stereocenters. The smallest absolute Gasteiger partial charge is 0.462 e. The molecule has 0 aliphatic heterocycles. The van der Waals surface area contributed by atoms with E-state index in [1.165, 1.54) is 167 Å². The lowest BCUT2D eigenvalue weighted by molar-refractivity contribution is -0.161. The van der Waals surface area contributed by atoms with Gasteiger partial charge in [-0.05, 0) is 49.4 Å². The molecule has 0 fully saturated rings. The first-order valence-electron chi connectivity index (χ1n) is 38.7. The summed E-state index contributed by atoms with van der Waals surface area (Å²) in [4.78, 5) is 72.7. The van der Waals surface area contributed by atoms with Gasteiger partial charge in [0, 0.05) is 25.7 Å². The highest BCUT2D eigenvalue weighted by atomic mass is 31.2. The summed E-state index contributed by atoms with van der Waals surface area (Å²) in [5, 5.41) is 10.6. The van der Waals surface area contributed by atoms with Crippen molar-refractivity contribution in [2.24, 2.45) is 23.7 Å². The van der Waals surface area contributed by atoms with E-state index in [9.17, 15) is 43.2 Å². The van der Waals surface area contributed by atoms with Crippen molar-refractivity contribution in [3.8, 4) is 0 Å². The Morgan fingerprint density at radius 2 is 0.511 bits per heavy atom. The number of unbranched alkanes of at least 4 members (excludes halogenated alkanes) is 37. The fourth-order valence-electron chi connectivity index (χ4n) is 11.3. The molecule has 0 radical (unpaired) electrons. The van der Waals surface area contributed by atoms with E-state index < -0.39 is 97.5 Å². The summed E-state index contributed by atoms with van der Waals surface area (Å²) in [5.74, 6) is 0.901. The molecular weight excluding hydrogens is 1230 g/mol. The van der Waals surface area contributed by atoms with Crippen molar-refractivity contribution in [2.45, 2.75) is 395 Å². The third kappa shape index (κ3) is 67.3. The molecule has 0 aromatic rings. The number of hydrogen-bond acceptors (Lipinski definition) is 15. The van der Waals surface area contributed by atoms with Gasteiger partial charge in [0.05, 0.1) is 26.4 Å². The number of phosphoric ester groups is 2. The van der Waals surface area contributed by atoms with E-state index >= 15 is 0 Å². The van der Waals surface area contributed by atoms with Gasteiger partial charge >= 0.3 is 39.5 Å². The molecule has 0 rings (SSSR count). The summed E-state index contributed by atoms with van der Waals surface area (Å²) in [6.07, 6.45) is 48.7. The Morgan fingerprint density at radius 3 is 0.755 bits per heavy atom. The second-order valence-corrected chi connectivity index (χ2v) is 31.6. The van der Waals surface area contributed by atoms with Gasteiger partial charge in [0.25, 0.3) is 0 Å². The minimum atomic E-state index is -4.96. The lowest BCUT2D eigenvalue weighted by Gasteiger charge is -2.21. The molecule has 17 nitrogen and oxygen atoms in total. The largest absolute Gasteiger partial charge is 0.472 e. The van der Waals surface area contributed by atoms with Crippen LogP contribution < -0.4 is 0 Å². The maximum atomic E-state index is 13.1. The molecular formula is C75H146O17P2. The fourth-order valence-corrected chi connectivity index (χ4v) is 12.9. The Labute approximate surface area is 575 Å². The highest BCUT2D eigenvalue weighted by molar-refractivity contribution is 7.47. The van der Waals surface area contributed by atoms with Crippen LogP contribution in [0.4, 0.5) is 0 Å². The first-order valence-corrected chi connectivity index (χ1v) is 41.7. The SMILES string of the molecule is CCC(C)CCCCCCCCC(=O)OC[C@H](COP(=O)(O)OCC(O)COP(=O)(O)OC[C@@H](COC(=O)CCCCCCCCCC(C)C)OC(=O)CCCCCCCCCCCCCCCCCC(C)C)OC(=O)CCCCCCCCCCCCCCCC(C)C. The molecule has 0 aromatic heterocycles. The van der Waals surface area contributed by atoms with Crippen LogP contribution in [-0.2, 0) is 65.4 Å². The number of rotatable bonds is 72. The number of ether oxygens (including phenoxy) is 4. The van der Waals surface area contributed by atoms with Gasteiger partial charge in [0.15, 0.2) is 12.2 Å². The highest BCUT2D eigenvalue weighted by Gasteiger charge is 2.30. The van der Waals surface area contributed by atoms with Crippen molar-refractivity contribution >= 4 is 39.5 Å². The van der Waals surface area contributed by atoms with Gasteiger partial charge in [0.1, 0.15) is 19.3 Å². The van der Waals surface area contributed by atoms with E-state index in [2.05, 4.69) is 55.4 Å². The van der Waals surface area contributed by atoms with E-state index in [0.717, 1.165) is 120 Å². The molecule has 0 heterocycles. The van der Waals surface area contributed by atoms with E-state index in [4.69, 9.17) is 37.0 Å². The fraction of sp³-hybridized carbons (Fsp3) is 0.947. The standard InChI is InChI=1S/C75H146O17P2/c1-9-68(8)54-46-38-33-34-40-48-56-73(78)86-62-71(92-75(80)58-50-42-31-25-21-17-13-15-19-23-28-36-44-52-66(4)5)64-90-94(83,84)88-60-69(76)59-87-93(81,82)89-63-70(61-85-72(77)55-47-39-32-26-29-37-45-53-67(6)7)91-74(79)57-49-41-30-24-20-16-12-10-11-14-18-22-27-35-43-51-65(2)3/h65-71,76H,9-64H2,1-8H3,(H,81,82)(H,83,84)/t68?,69?,70-,71-/m1/s1. The quantitative estimate of drug-likeness (QED) is 0.0222. The van der Waals surface area contributed by atoms with Gasteiger partial charge in [-0.25, -0.2) is 9.13 Å². The van der Waals surface area contributed by atoms with Crippen molar-refractivity contribution in [3.63, 3.8) is 0 Å². The molecule has 0 saturated carbocycles. The van der Waals surface area contributed by atoms with Crippen LogP contribution in [0, 0.1) is 23.7 Å². The normalized spacial score (nSPS) is 14.4. The molecule has 0 aliphatic rings. The monoisotopic (exact) mass is 1380 g/mol. The molecule has 0 aromatic carbocycles. The summed E-state index contributed by atoms with van der Waals surface area (Å²) in [6, 6.07) is 0. The minimum absolute atomic E-state index is 0.106. The molecule has 0 saturated heterocycles. The third-order valence-corrected chi connectivity index (χ3v) is 19.6. The Hall–Kier alpha value is -1.94. The Kier molecular flexibility index (Phi) is 63.1. The molecule has 0 amide bonds. The summed E-state index contributed by atoms with van der Waals surface area (Å²) in [5.41, 5.74) is 0. The number of aliphatic hydroxyl groups is 1. The van der Waals surface area contributed by atoms with Crippen LogP contribution in [0.25, 0.3) is 0 Å². The van der Waals surface area contributed by atoms with Gasteiger partial charge in [-0.15, -0.1) is 0 Å². The van der Waals surface area contributed by atoms with Gasteiger partial charge < -0.3 is 33.8 Å². The molecule has 0 spiro atoms. The summed E-state index contributed by atoms with van der Waals surface area (Å²) in [6.45, 7) is 14.1. The van der Waals surface area contributed by atoms with Crippen LogP contribution in [0.1, 0.15) is 376 Å². The van der Waals surface area contributed by atoms with E-state index in [1.807, 2.05) is 0 Å². The molecule has 4 unspecified atom stereocenters. The number of carbonyl (C=O) groups excluding carboxylic acids is 4. The zero-order valence-electron chi connectivity index (χ0n) is 61.6. The van der Waals surface area contributed by atoms with Crippen molar-refractivity contribution < 1.29 is 80.2 Å². The zero-order valence-corrected chi connectivity index (χ0v) is 63.4. The van der Waals surface area contributed by atoms with Crippen LogP contribution in [0.2, 0.25) is 0 Å². The predicted molar refractivity (Wildman–Crippen MR) is 381 cm³/mol. The first-order chi connectivity index (χ1) is 45.1. The number of phosphoric acid groups is 2. The van der Waals surface area contributed by atoms with Crippen molar-refractivity contribution in [3.05, 3.63) is 0 Å². The van der Waals surface area contributed by atoms with Crippen LogP contribution >= 0.6 is 15.6 Å². The molecule has 0 bridgehead atoms. The molecule has 94 heavy (non-hydrogen) atoms. The first kappa shape index (κ1) is 92.1. The minimum Gasteiger partial charge on any atom is -0.462 e. The number of carbonyl (C=O) groups is 4. The average Bonchev–Trinajstić information content (AvgIpc) is 1.76. The van der Waals surface area contributed by atoms with E-state index in [1.54, 1.807) is 0 Å². The molecule has 3 N–H and O–H groups in total. The third-order valence-electron chi connectivity index (χ3n) is 17.7. The Morgan fingerprint density at radius 1 is 0.298 bits per heavy atom. The summed E-state index contributed by atoms with van der Waals surface area (Å²) in [7, 11) is -9.91. The predicted octanol–water partition coefficient (Wildman–Crippen LogP) is 21.7. The topological polar surface area (TPSA) is 237 Å². The Bertz CT molecular complexity index is 1850. The highest BCUT2D eigenvalue weighted by Crippen LogP contribution is 2.45. The van der Waals surface area contributed by atoms with Crippen LogP contribution in [0.15, 0.2) is 0 Å². The van der Waals surface area contributed by atoms with Gasteiger partial charge in [-0.3, -0.25) is 37.3 Å². The summed E-state index contributed by atoms with van der Waals surface area (Å²) < 4.78 is 68.5. The average molecular weight is 1380 g/mol. The summed E-state index contributed by atoms with van der Waals surface area (Å²) >= 11 is 0. The van der Waals surface area contributed by atoms with Crippen LogP contribution in [0.3, 0.4) is 0 Å². The van der Waals surface area contributed by atoms with Crippen molar-refractivity contribution in [1.29, 1.82) is 0 Å². The maximum Gasteiger partial charge on any atom is 0.472 e. The lowest BCUT2D eigenvalue weighted by Crippen LogP contribution is -2.30. The molecule has 19 heteroatoms. The second kappa shape index (κ2) is 64.4. The second-order valence-electron chi connectivity index (χ2n) is 28.7. The Balaban J connectivity index is 5.22.